The Morgan fingerprint density at radius 3 is 2.91 bits per heavy atom. The van der Waals surface area contributed by atoms with Gasteiger partial charge in [-0.1, -0.05) is 12.1 Å². The molecular weight excluding hydrogens is 328 g/mol. The third kappa shape index (κ3) is 3.97. The van der Waals surface area contributed by atoms with E-state index in [1.807, 2.05) is 48.0 Å². The Bertz CT molecular complexity index is 782. The molecule has 118 valence electrons. The van der Waals surface area contributed by atoms with Gasteiger partial charge in [-0.2, -0.15) is 11.3 Å². The number of hydrogen-bond donors (Lipinski definition) is 1. The zero-order valence-corrected chi connectivity index (χ0v) is 14.2. The molecule has 0 radical (unpaired) electrons. The maximum Gasteiger partial charge on any atom is 0.230 e. The highest BCUT2D eigenvalue weighted by Crippen LogP contribution is 2.27. The van der Waals surface area contributed by atoms with Gasteiger partial charge in [-0.3, -0.25) is 4.79 Å². The third-order valence-corrected chi connectivity index (χ3v) is 4.75. The molecule has 0 saturated carbocycles. The molecule has 0 aliphatic rings. The van der Waals surface area contributed by atoms with E-state index in [1.165, 1.54) is 0 Å². The Kier molecular flexibility index (Phi) is 5.05. The lowest BCUT2D eigenvalue weighted by Gasteiger charge is -2.10. The molecule has 0 atom stereocenters. The van der Waals surface area contributed by atoms with Crippen molar-refractivity contribution in [2.75, 3.05) is 11.9 Å². The van der Waals surface area contributed by atoms with E-state index in [1.54, 1.807) is 22.7 Å². The summed E-state index contributed by atoms with van der Waals surface area (Å²) in [6.45, 7) is 2.48. The van der Waals surface area contributed by atoms with Gasteiger partial charge in [0, 0.05) is 16.3 Å². The lowest BCUT2D eigenvalue weighted by atomic mass is 10.2. The zero-order valence-electron chi connectivity index (χ0n) is 12.6. The summed E-state index contributed by atoms with van der Waals surface area (Å²) in [6.07, 6.45) is 0.251. The summed E-state index contributed by atoms with van der Waals surface area (Å²) in [5.41, 5.74) is 2.57. The van der Waals surface area contributed by atoms with Crippen molar-refractivity contribution in [3.63, 3.8) is 0 Å². The Hall–Kier alpha value is -2.18. The van der Waals surface area contributed by atoms with Gasteiger partial charge >= 0.3 is 0 Å². The van der Waals surface area contributed by atoms with E-state index in [4.69, 9.17) is 4.74 Å². The second kappa shape index (κ2) is 7.39. The summed E-state index contributed by atoms with van der Waals surface area (Å²) in [5.74, 6) is 0.583. The van der Waals surface area contributed by atoms with Crippen LogP contribution in [0, 0.1) is 0 Å². The summed E-state index contributed by atoms with van der Waals surface area (Å²) in [6, 6.07) is 9.47. The normalized spacial score (nSPS) is 10.5. The van der Waals surface area contributed by atoms with Gasteiger partial charge in [-0.15, -0.1) is 11.3 Å². The first-order valence-electron chi connectivity index (χ1n) is 7.25. The van der Waals surface area contributed by atoms with Crippen molar-refractivity contribution < 1.29 is 9.53 Å². The summed E-state index contributed by atoms with van der Waals surface area (Å²) in [7, 11) is 0. The van der Waals surface area contributed by atoms with E-state index >= 15 is 0 Å². The van der Waals surface area contributed by atoms with E-state index in [0.29, 0.717) is 18.0 Å². The molecule has 2 heterocycles. The van der Waals surface area contributed by atoms with Crippen molar-refractivity contribution >= 4 is 34.3 Å². The molecule has 2 aromatic heterocycles. The average molecular weight is 344 g/mol. The second-order valence-electron chi connectivity index (χ2n) is 4.81. The van der Waals surface area contributed by atoms with Crippen LogP contribution < -0.4 is 10.1 Å². The number of anilines is 1. The van der Waals surface area contributed by atoms with Crippen LogP contribution in [0.2, 0.25) is 0 Å². The van der Waals surface area contributed by atoms with Gasteiger partial charge in [-0.25, -0.2) is 4.98 Å². The second-order valence-corrected chi connectivity index (χ2v) is 6.45. The molecule has 0 aliphatic heterocycles. The molecule has 0 aliphatic carbocycles. The number of thiophene rings is 1. The van der Waals surface area contributed by atoms with Crippen LogP contribution in [-0.2, 0) is 11.2 Å². The quantitative estimate of drug-likeness (QED) is 0.719. The SMILES string of the molecule is CCOc1ccccc1NC(=O)Cc1csc(-c2ccsc2)n1. The smallest absolute Gasteiger partial charge is 0.230 e. The molecule has 1 aromatic carbocycles. The number of nitrogens with zero attached hydrogens (tertiary/aromatic N) is 1. The van der Waals surface area contributed by atoms with Gasteiger partial charge in [0.25, 0.3) is 0 Å². The van der Waals surface area contributed by atoms with Crippen LogP contribution in [0.1, 0.15) is 12.6 Å². The third-order valence-electron chi connectivity index (χ3n) is 3.12. The molecule has 0 fully saturated rings. The highest BCUT2D eigenvalue weighted by molar-refractivity contribution is 7.14. The Morgan fingerprint density at radius 2 is 2.13 bits per heavy atom. The Balaban J connectivity index is 1.66. The molecule has 6 heteroatoms. The van der Waals surface area contributed by atoms with E-state index in [2.05, 4.69) is 15.7 Å². The first-order valence-corrected chi connectivity index (χ1v) is 9.07. The van der Waals surface area contributed by atoms with Crippen molar-refractivity contribution in [3.8, 4) is 16.3 Å². The van der Waals surface area contributed by atoms with Crippen LogP contribution in [0.15, 0.2) is 46.5 Å². The van der Waals surface area contributed by atoms with Crippen molar-refractivity contribution in [3.05, 3.63) is 52.2 Å². The number of rotatable bonds is 6. The molecule has 0 spiro atoms. The number of ether oxygens (including phenoxy) is 1. The molecule has 23 heavy (non-hydrogen) atoms. The van der Waals surface area contributed by atoms with Crippen LogP contribution in [0.5, 0.6) is 5.75 Å². The molecule has 1 N–H and O–H groups in total. The molecule has 3 aromatic rings. The molecular formula is C17H16N2O2S2. The molecule has 3 rings (SSSR count). The summed E-state index contributed by atoms with van der Waals surface area (Å²) < 4.78 is 5.51. The van der Waals surface area contributed by atoms with Gasteiger partial charge in [0.2, 0.25) is 5.91 Å². The number of para-hydroxylation sites is 2. The first kappa shape index (κ1) is 15.7. The van der Waals surface area contributed by atoms with Crippen LogP contribution in [0.4, 0.5) is 5.69 Å². The van der Waals surface area contributed by atoms with E-state index in [-0.39, 0.29) is 12.3 Å². The van der Waals surface area contributed by atoms with Crippen LogP contribution in [-0.4, -0.2) is 17.5 Å². The van der Waals surface area contributed by atoms with Gasteiger partial charge in [0.1, 0.15) is 10.8 Å². The van der Waals surface area contributed by atoms with Crippen LogP contribution in [0.3, 0.4) is 0 Å². The maximum atomic E-state index is 12.2. The maximum absolute atomic E-state index is 12.2. The number of benzene rings is 1. The highest BCUT2D eigenvalue weighted by atomic mass is 32.1. The Morgan fingerprint density at radius 1 is 1.26 bits per heavy atom. The topological polar surface area (TPSA) is 51.2 Å². The van der Waals surface area contributed by atoms with Gasteiger partial charge in [-0.05, 0) is 30.5 Å². The lowest BCUT2D eigenvalue weighted by molar-refractivity contribution is -0.115. The minimum Gasteiger partial charge on any atom is -0.492 e. The summed E-state index contributed by atoms with van der Waals surface area (Å²) in [4.78, 5) is 16.8. The van der Waals surface area contributed by atoms with Crippen molar-refractivity contribution in [2.45, 2.75) is 13.3 Å². The number of carbonyl (C=O) groups is 1. The van der Waals surface area contributed by atoms with Gasteiger partial charge in [0.05, 0.1) is 24.4 Å². The zero-order chi connectivity index (χ0) is 16.1. The standard InChI is InChI=1S/C17H16N2O2S2/c1-2-21-15-6-4-3-5-14(15)19-16(20)9-13-11-23-17(18-13)12-7-8-22-10-12/h3-8,10-11H,2,9H2,1H3,(H,19,20). The molecule has 0 saturated heterocycles. The van der Waals surface area contributed by atoms with Crippen LogP contribution >= 0.6 is 22.7 Å². The number of hydrogen-bond acceptors (Lipinski definition) is 5. The fraction of sp³-hybridized carbons (Fsp3) is 0.176. The number of nitrogens with one attached hydrogen (secondary N) is 1. The van der Waals surface area contributed by atoms with Crippen LogP contribution in [0.25, 0.3) is 10.6 Å². The number of amides is 1. The number of thiazole rings is 1. The molecule has 4 nitrogen and oxygen atoms in total. The van der Waals surface area contributed by atoms with Crippen molar-refractivity contribution in [1.82, 2.24) is 4.98 Å². The largest absolute Gasteiger partial charge is 0.492 e. The monoisotopic (exact) mass is 344 g/mol. The van der Waals surface area contributed by atoms with Gasteiger partial charge in [0.15, 0.2) is 0 Å². The summed E-state index contributed by atoms with van der Waals surface area (Å²) >= 11 is 3.20. The number of aromatic nitrogens is 1. The minimum absolute atomic E-state index is 0.0979. The van der Waals surface area contributed by atoms with E-state index in [0.717, 1.165) is 16.3 Å². The number of carbonyl (C=O) groups excluding carboxylic acids is 1. The predicted octanol–water partition coefficient (Wildman–Crippen LogP) is 4.45. The van der Waals surface area contributed by atoms with Gasteiger partial charge < -0.3 is 10.1 Å². The Labute approximate surface area is 142 Å². The highest BCUT2D eigenvalue weighted by Gasteiger charge is 2.11. The van der Waals surface area contributed by atoms with E-state index in [9.17, 15) is 4.79 Å². The molecule has 1 amide bonds. The fourth-order valence-electron chi connectivity index (χ4n) is 2.12. The van der Waals surface area contributed by atoms with Crippen molar-refractivity contribution in [2.24, 2.45) is 0 Å². The van der Waals surface area contributed by atoms with E-state index < -0.39 is 0 Å². The lowest BCUT2D eigenvalue weighted by Crippen LogP contribution is -2.15. The molecule has 0 bridgehead atoms. The minimum atomic E-state index is -0.0979. The van der Waals surface area contributed by atoms with Crippen molar-refractivity contribution in [1.29, 1.82) is 0 Å². The average Bonchev–Trinajstić information content (AvgIpc) is 3.20. The fourth-order valence-corrected chi connectivity index (χ4v) is 3.65. The molecule has 0 unspecified atom stereocenters. The summed E-state index contributed by atoms with van der Waals surface area (Å²) in [5, 5.41) is 9.85. The first-order chi connectivity index (χ1) is 11.3. The predicted molar refractivity (Wildman–Crippen MR) is 95.4 cm³/mol.